The molecule has 27 heavy (non-hydrogen) atoms. The molecule has 4 rings (SSSR count). The third-order valence-corrected chi connectivity index (χ3v) is 4.72. The number of rotatable bonds is 4. The van der Waals surface area contributed by atoms with Crippen molar-refractivity contribution in [1.29, 1.82) is 0 Å². The van der Waals surface area contributed by atoms with Crippen LogP contribution in [0.5, 0.6) is 5.75 Å². The quantitative estimate of drug-likeness (QED) is 0.737. The largest absolute Gasteiger partial charge is 0.495 e. The standard InChI is InChI=1S/C20H18ClN3O3/c1-26-18-5-3-2-4-16(18)22-20(25)17-10-15-12-27-19(11-24(15)23-17)13-6-8-14(21)9-7-13/h2-10,19H,11-12H2,1H3,(H,22,25)/t19-/m0/s1. The first kappa shape index (κ1) is 17.6. The maximum absolute atomic E-state index is 12.6. The molecule has 2 aromatic carbocycles. The third kappa shape index (κ3) is 3.67. The van der Waals surface area contributed by atoms with Crippen molar-refractivity contribution < 1.29 is 14.3 Å². The molecule has 3 aromatic rings. The summed E-state index contributed by atoms with van der Waals surface area (Å²) in [5, 5.41) is 7.98. The molecule has 0 saturated heterocycles. The van der Waals surface area contributed by atoms with Crippen LogP contribution < -0.4 is 10.1 Å². The molecule has 2 heterocycles. The van der Waals surface area contributed by atoms with Gasteiger partial charge in [-0.3, -0.25) is 9.48 Å². The summed E-state index contributed by atoms with van der Waals surface area (Å²) < 4.78 is 13.0. The van der Waals surface area contributed by atoms with Crippen LogP contribution in [0.3, 0.4) is 0 Å². The number of halogens is 1. The van der Waals surface area contributed by atoms with E-state index in [2.05, 4.69) is 10.4 Å². The lowest BCUT2D eigenvalue weighted by atomic mass is 10.1. The van der Waals surface area contributed by atoms with Crippen LogP contribution in [0.15, 0.2) is 54.6 Å². The number of benzene rings is 2. The molecular weight excluding hydrogens is 366 g/mol. The Morgan fingerprint density at radius 2 is 2.04 bits per heavy atom. The Labute approximate surface area is 161 Å². The molecule has 1 atom stereocenters. The van der Waals surface area contributed by atoms with E-state index in [0.29, 0.717) is 35.3 Å². The van der Waals surface area contributed by atoms with Gasteiger partial charge in [-0.1, -0.05) is 35.9 Å². The number of ether oxygens (including phenoxy) is 2. The maximum Gasteiger partial charge on any atom is 0.276 e. The fourth-order valence-electron chi connectivity index (χ4n) is 3.05. The van der Waals surface area contributed by atoms with E-state index in [9.17, 15) is 4.79 Å². The molecule has 1 amide bonds. The summed E-state index contributed by atoms with van der Waals surface area (Å²) in [4.78, 5) is 12.6. The molecule has 0 spiro atoms. The van der Waals surface area contributed by atoms with Gasteiger partial charge in [0.1, 0.15) is 11.9 Å². The zero-order valence-electron chi connectivity index (χ0n) is 14.7. The number of amides is 1. The number of nitrogens with one attached hydrogen (secondary N) is 1. The van der Waals surface area contributed by atoms with Crippen molar-refractivity contribution in [2.45, 2.75) is 19.3 Å². The second-order valence-corrected chi connectivity index (χ2v) is 6.65. The van der Waals surface area contributed by atoms with E-state index in [4.69, 9.17) is 21.1 Å². The molecule has 0 unspecified atom stereocenters. The molecule has 0 bridgehead atoms. The average Bonchev–Trinajstić information content (AvgIpc) is 3.12. The van der Waals surface area contributed by atoms with Crippen LogP contribution in [0.1, 0.15) is 27.8 Å². The Morgan fingerprint density at radius 3 is 2.81 bits per heavy atom. The fraction of sp³-hybridized carbons (Fsp3) is 0.200. The predicted molar refractivity (Wildman–Crippen MR) is 102 cm³/mol. The highest BCUT2D eigenvalue weighted by molar-refractivity contribution is 6.30. The second-order valence-electron chi connectivity index (χ2n) is 6.21. The highest BCUT2D eigenvalue weighted by Crippen LogP contribution is 2.28. The SMILES string of the molecule is COc1ccccc1NC(=O)c1cc2n(n1)C[C@@H](c1ccc(Cl)cc1)OC2. The third-order valence-electron chi connectivity index (χ3n) is 4.46. The van der Waals surface area contributed by atoms with Crippen molar-refractivity contribution >= 4 is 23.2 Å². The fourth-order valence-corrected chi connectivity index (χ4v) is 3.18. The number of carbonyl (C=O) groups excluding carboxylic acids is 1. The van der Waals surface area contributed by atoms with Gasteiger partial charge in [0.05, 0.1) is 31.6 Å². The van der Waals surface area contributed by atoms with Gasteiger partial charge < -0.3 is 14.8 Å². The Balaban J connectivity index is 1.51. The van der Waals surface area contributed by atoms with Gasteiger partial charge in [-0.2, -0.15) is 5.10 Å². The van der Waals surface area contributed by atoms with E-state index in [1.54, 1.807) is 25.3 Å². The van der Waals surface area contributed by atoms with Crippen LogP contribution in [0, 0.1) is 0 Å². The summed E-state index contributed by atoms with van der Waals surface area (Å²) >= 11 is 5.95. The van der Waals surface area contributed by atoms with Gasteiger partial charge >= 0.3 is 0 Å². The van der Waals surface area contributed by atoms with Crippen LogP contribution in [0.4, 0.5) is 5.69 Å². The predicted octanol–water partition coefficient (Wildman–Crippen LogP) is 4.07. The molecule has 1 N–H and O–H groups in total. The molecule has 0 saturated carbocycles. The summed E-state index contributed by atoms with van der Waals surface area (Å²) in [6.45, 7) is 0.932. The number of hydrogen-bond acceptors (Lipinski definition) is 4. The number of para-hydroxylation sites is 2. The van der Waals surface area contributed by atoms with Crippen LogP contribution in [0.25, 0.3) is 0 Å². The summed E-state index contributed by atoms with van der Waals surface area (Å²) in [6.07, 6.45) is -0.125. The molecule has 1 aliphatic rings. The van der Waals surface area contributed by atoms with Crippen LogP contribution in [-0.4, -0.2) is 22.8 Å². The van der Waals surface area contributed by atoms with Crippen LogP contribution in [0.2, 0.25) is 5.02 Å². The van der Waals surface area contributed by atoms with Crippen molar-refractivity contribution in [3.05, 3.63) is 76.6 Å². The van der Waals surface area contributed by atoms with E-state index >= 15 is 0 Å². The van der Waals surface area contributed by atoms with E-state index in [0.717, 1.165) is 11.3 Å². The summed E-state index contributed by atoms with van der Waals surface area (Å²) in [5.41, 5.74) is 2.84. The second kappa shape index (κ2) is 7.42. The van der Waals surface area contributed by atoms with Gasteiger partial charge in [0, 0.05) is 5.02 Å². The van der Waals surface area contributed by atoms with Crippen molar-refractivity contribution in [2.24, 2.45) is 0 Å². The summed E-state index contributed by atoms with van der Waals surface area (Å²) in [6, 6.07) is 16.6. The highest BCUT2D eigenvalue weighted by atomic mass is 35.5. The summed E-state index contributed by atoms with van der Waals surface area (Å²) in [5.74, 6) is 0.311. The lowest BCUT2D eigenvalue weighted by Gasteiger charge is -2.24. The number of anilines is 1. The maximum atomic E-state index is 12.6. The number of methoxy groups -OCH3 is 1. The van der Waals surface area contributed by atoms with Crippen LogP contribution >= 0.6 is 11.6 Å². The van der Waals surface area contributed by atoms with Gasteiger partial charge in [-0.15, -0.1) is 0 Å². The Hall–Kier alpha value is -2.83. The molecular formula is C20H18ClN3O3. The Bertz CT molecular complexity index is 969. The number of hydrogen-bond donors (Lipinski definition) is 1. The minimum Gasteiger partial charge on any atom is -0.495 e. The highest BCUT2D eigenvalue weighted by Gasteiger charge is 2.24. The van der Waals surface area contributed by atoms with E-state index in [1.807, 2.05) is 41.1 Å². The number of nitrogens with zero attached hydrogens (tertiary/aromatic N) is 2. The van der Waals surface area contributed by atoms with E-state index in [1.165, 1.54) is 0 Å². The average molecular weight is 384 g/mol. The smallest absolute Gasteiger partial charge is 0.276 e. The normalized spacial score (nSPS) is 15.9. The minimum atomic E-state index is -0.288. The zero-order chi connectivity index (χ0) is 18.8. The first-order chi connectivity index (χ1) is 13.1. The number of aromatic nitrogens is 2. The molecule has 138 valence electrons. The van der Waals surface area contributed by atoms with Gasteiger partial charge in [-0.25, -0.2) is 0 Å². The lowest BCUT2D eigenvalue weighted by Crippen LogP contribution is -2.22. The zero-order valence-corrected chi connectivity index (χ0v) is 15.4. The molecule has 0 aliphatic carbocycles. The molecule has 1 aromatic heterocycles. The first-order valence-electron chi connectivity index (χ1n) is 8.52. The van der Waals surface area contributed by atoms with Crippen LogP contribution in [-0.2, 0) is 17.9 Å². The van der Waals surface area contributed by atoms with Crippen molar-refractivity contribution in [2.75, 3.05) is 12.4 Å². The van der Waals surface area contributed by atoms with Crippen molar-refractivity contribution in [3.63, 3.8) is 0 Å². The monoisotopic (exact) mass is 383 g/mol. The van der Waals surface area contributed by atoms with Gasteiger partial charge in [0.2, 0.25) is 0 Å². The topological polar surface area (TPSA) is 65.4 Å². The van der Waals surface area contributed by atoms with Gasteiger partial charge in [0.25, 0.3) is 5.91 Å². The Kier molecular flexibility index (Phi) is 4.83. The first-order valence-corrected chi connectivity index (χ1v) is 8.90. The minimum absolute atomic E-state index is 0.125. The molecule has 7 heteroatoms. The molecule has 0 radical (unpaired) electrons. The Morgan fingerprint density at radius 1 is 1.26 bits per heavy atom. The van der Waals surface area contributed by atoms with E-state index < -0.39 is 0 Å². The molecule has 1 aliphatic heterocycles. The van der Waals surface area contributed by atoms with Gasteiger partial charge in [-0.05, 0) is 35.9 Å². The van der Waals surface area contributed by atoms with Gasteiger partial charge in [0.15, 0.2) is 5.69 Å². The molecule has 0 fully saturated rings. The number of fused-ring (bicyclic) bond motifs is 1. The van der Waals surface area contributed by atoms with Crippen molar-refractivity contribution in [1.82, 2.24) is 9.78 Å². The van der Waals surface area contributed by atoms with Crippen molar-refractivity contribution in [3.8, 4) is 5.75 Å². The lowest BCUT2D eigenvalue weighted by molar-refractivity contribution is -0.00118. The molecule has 6 nitrogen and oxygen atoms in total. The number of carbonyl (C=O) groups is 1. The van der Waals surface area contributed by atoms with E-state index in [-0.39, 0.29) is 12.0 Å². The summed E-state index contributed by atoms with van der Waals surface area (Å²) in [7, 11) is 1.56.